The third-order valence-corrected chi connectivity index (χ3v) is 6.08. The molecule has 1 aromatic heterocycles. The molecule has 0 fully saturated rings. The minimum Gasteiger partial charge on any atom is -0.423 e. The number of anilines is 1. The number of nitrogens with zero attached hydrogens (tertiary/aromatic N) is 2. The Morgan fingerprint density at radius 3 is 2.53 bits per heavy atom. The highest BCUT2D eigenvalue weighted by Crippen LogP contribution is 2.32. The van der Waals surface area contributed by atoms with Gasteiger partial charge in [0.05, 0.1) is 22.5 Å². The summed E-state index contributed by atoms with van der Waals surface area (Å²) in [6.07, 6.45) is 1.65. The van der Waals surface area contributed by atoms with Gasteiger partial charge in [0.2, 0.25) is 5.13 Å². The zero-order chi connectivity index (χ0) is 22.5. The Labute approximate surface area is 206 Å². The van der Waals surface area contributed by atoms with Crippen LogP contribution in [0.25, 0.3) is 11.3 Å². The van der Waals surface area contributed by atoms with Gasteiger partial charge in [-0.05, 0) is 72.3 Å². The molecule has 0 saturated heterocycles. The van der Waals surface area contributed by atoms with E-state index < -0.39 is 5.97 Å². The molecule has 0 saturated carbocycles. The summed E-state index contributed by atoms with van der Waals surface area (Å²) in [5.41, 5.74) is 5.76. The summed E-state index contributed by atoms with van der Waals surface area (Å²) in [5, 5.41) is 7.84. The SMILES string of the molecule is O=C(Oc1ccc(/C=N\Nc2nc(-c3ccc(Cl)cc3Cl)cs2)cc1)c1ccc(Br)cc1. The number of nitrogens with one attached hydrogen (secondary N) is 1. The van der Waals surface area contributed by atoms with Crippen molar-refractivity contribution >= 4 is 67.8 Å². The molecule has 1 N–H and O–H groups in total. The van der Waals surface area contributed by atoms with Crippen LogP contribution in [-0.2, 0) is 0 Å². The van der Waals surface area contributed by atoms with Crippen LogP contribution in [0.2, 0.25) is 10.0 Å². The predicted octanol–water partition coefficient (Wildman–Crippen LogP) is 7.54. The number of hydrazone groups is 1. The molecule has 4 aromatic rings. The van der Waals surface area contributed by atoms with Crippen molar-refractivity contribution in [2.45, 2.75) is 0 Å². The Hall–Kier alpha value is -2.71. The average Bonchev–Trinajstić information content (AvgIpc) is 3.24. The fourth-order valence-corrected chi connectivity index (χ4v) is 4.11. The normalized spacial score (nSPS) is 11.0. The predicted molar refractivity (Wildman–Crippen MR) is 134 cm³/mol. The highest BCUT2D eigenvalue weighted by Gasteiger charge is 2.09. The first kappa shape index (κ1) is 22.5. The number of thiazole rings is 1. The maximum Gasteiger partial charge on any atom is 0.343 e. The van der Waals surface area contributed by atoms with Crippen molar-refractivity contribution in [1.29, 1.82) is 0 Å². The van der Waals surface area contributed by atoms with E-state index in [1.54, 1.807) is 66.9 Å². The third kappa shape index (κ3) is 5.75. The molecule has 0 unspecified atom stereocenters. The van der Waals surface area contributed by atoms with Gasteiger partial charge in [-0.25, -0.2) is 9.78 Å². The first-order valence-electron chi connectivity index (χ1n) is 9.26. The van der Waals surface area contributed by atoms with Crippen LogP contribution in [0.5, 0.6) is 5.75 Å². The zero-order valence-electron chi connectivity index (χ0n) is 16.3. The molecule has 3 aromatic carbocycles. The molecular formula is C23H14BrCl2N3O2S. The lowest BCUT2D eigenvalue weighted by Crippen LogP contribution is -2.08. The first-order valence-corrected chi connectivity index (χ1v) is 11.7. The maximum atomic E-state index is 12.2. The topological polar surface area (TPSA) is 63.6 Å². The van der Waals surface area contributed by atoms with Gasteiger partial charge in [0, 0.05) is 20.4 Å². The van der Waals surface area contributed by atoms with Crippen molar-refractivity contribution in [3.63, 3.8) is 0 Å². The van der Waals surface area contributed by atoms with Crippen molar-refractivity contribution in [1.82, 2.24) is 4.98 Å². The summed E-state index contributed by atoms with van der Waals surface area (Å²) in [6, 6.07) is 19.3. The molecule has 0 amide bonds. The Kier molecular flexibility index (Phi) is 7.22. The van der Waals surface area contributed by atoms with Crippen molar-refractivity contribution in [2.75, 3.05) is 5.43 Å². The number of esters is 1. The van der Waals surface area contributed by atoms with Crippen molar-refractivity contribution in [3.8, 4) is 17.0 Å². The molecule has 0 aliphatic heterocycles. The molecule has 0 radical (unpaired) electrons. The zero-order valence-corrected chi connectivity index (χ0v) is 20.2. The molecule has 9 heteroatoms. The number of hydrogen-bond donors (Lipinski definition) is 1. The van der Waals surface area contributed by atoms with E-state index in [0.29, 0.717) is 26.5 Å². The molecule has 4 rings (SSSR count). The van der Waals surface area contributed by atoms with Crippen molar-refractivity contribution in [3.05, 3.63) is 97.8 Å². The smallest absolute Gasteiger partial charge is 0.343 e. The van der Waals surface area contributed by atoms with E-state index in [1.807, 2.05) is 11.4 Å². The van der Waals surface area contributed by atoms with E-state index in [0.717, 1.165) is 21.3 Å². The molecule has 32 heavy (non-hydrogen) atoms. The van der Waals surface area contributed by atoms with Gasteiger partial charge < -0.3 is 4.74 Å². The Bertz CT molecular complexity index is 1280. The Morgan fingerprint density at radius 1 is 1.06 bits per heavy atom. The number of aromatic nitrogens is 1. The van der Waals surface area contributed by atoms with Gasteiger partial charge in [-0.2, -0.15) is 5.10 Å². The number of benzene rings is 3. The Balaban J connectivity index is 1.35. The van der Waals surface area contributed by atoms with E-state index in [9.17, 15) is 4.79 Å². The van der Waals surface area contributed by atoms with Crippen LogP contribution in [0.15, 0.2) is 81.7 Å². The molecule has 160 valence electrons. The van der Waals surface area contributed by atoms with Crippen LogP contribution in [0.1, 0.15) is 15.9 Å². The van der Waals surface area contributed by atoms with Gasteiger partial charge in [0.1, 0.15) is 5.75 Å². The lowest BCUT2D eigenvalue weighted by molar-refractivity contribution is 0.0734. The molecule has 0 atom stereocenters. The molecule has 0 spiro atoms. The molecule has 5 nitrogen and oxygen atoms in total. The van der Waals surface area contributed by atoms with Crippen LogP contribution < -0.4 is 10.2 Å². The van der Waals surface area contributed by atoms with Crippen LogP contribution in [0, 0.1) is 0 Å². The second kappa shape index (κ2) is 10.3. The number of carbonyl (C=O) groups excluding carboxylic acids is 1. The second-order valence-electron chi connectivity index (χ2n) is 6.50. The lowest BCUT2D eigenvalue weighted by Gasteiger charge is -2.04. The fourth-order valence-electron chi connectivity index (χ4n) is 2.68. The van der Waals surface area contributed by atoms with Crippen LogP contribution in [0.3, 0.4) is 0 Å². The largest absolute Gasteiger partial charge is 0.423 e. The van der Waals surface area contributed by atoms with Gasteiger partial charge in [0.15, 0.2) is 0 Å². The minimum atomic E-state index is -0.416. The highest BCUT2D eigenvalue weighted by molar-refractivity contribution is 9.10. The molecule has 0 aliphatic carbocycles. The summed E-state index contributed by atoms with van der Waals surface area (Å²) in [5.74, 6) is 0.0355. The monoisotopic (exact) mass is 545 g/mol. The average molecular weight is 547 g/mol. The van der Waals surface area contributed by atoms with Crippen LogP contribution in [0.4, 0.5) is 5.13 Å². The molecule has 1 heterocycles. The van der Waals surface area contributed by atoms with E-state index in [4.69, 9.17) is 27.9 Å². The number of carbonyl (C=O) groups is 1. The summed E-state index contributed by atoms with van der Waals surface area (Å²) >= 11 is 16.9. The molecule has 0 bridgehead atoms. The van der Waals surface area contributed by atoms with E-state index in [-0.39, 0.29) is 0 Å². The van der Waals surface area contributed by atoms with Crippen molar-refractivity contribution < 1.29 is 9.53 Å². The van der Waals surface area contributed by atoms with E-state index in [1.165, 1.54) is 11.3 Å². The van der Waals surface area contributed by atoms with Gasteiger partial charge in [-0.1, -0.05) is 39.1 Å². The molecule has 0 aliphatic rings. The van der Waals surface area contributed by atoms with Crippen LogP contribution >= 0.6 is 50.5 Å². The minimum absolute atomic E-state index is 0.416. The highest BCUT2D eigenvalue weighted by atomic mass is 79.9. The van der Waals surface area contributed by atoms with Gasteiger partial charge >= 0.3 is 5.97 Å². The maximum absolute atomic E-state index is 12.2. The quantitative estimate of drug-likeness (QED) is 0.117. The van der Waals surface area contributed by atoms with E-state index in [2.05, 4.69) is 31.4 Å². The summed E-state index contributed by atoms with van der Waals surface area (Å²) in [6.45, 7) is 0. The standard InChI is InChI=1S/C23H14BrCl2N3O2S/c24-16-5-3-15(4-6-16)22(30)31-18-8-1-14(2-9-18)12-27-29-23-28-21(13-32-23)19-10-7-17(25)11-20(19)26/h1-13H,(H,28,29)/b27-12-. The fraction of sp³-hybridized carbons (Fsp3) is 0. The summed E-state index contributed by atoms with van der Waals surface area (Å²) in [7, 11) is 0. The Morgan fingerprint density at radius 2 is 1.81 bits per heavy atom. The van der Waals surface area contributed by atoms with Crippen LogP contribution in [-0.4, -0.2) is 17.2 Å². The third-order valence-electron chi connectivity index (χ3n) is 4.26. The van der Waals surface area contributed by atoms with Gasteiger partial charge in [-0.15, -0.1) is 11.3 Å². The number of ether oxygens (including phenoxy) is 1. The summed E-state index contributed by atoms with van der Waals surface area (Å²) < 4.78 is 6.29. The number of rotatable bonds is 6. The van der Waals surface area contributed by atoms with Gasteiger partial charge in [-0.3, -0.25) is 5.43 Å². The van der Waals surface area contributed by atoms with E-state index >= 15 is 0 Å². The van der Waals surface area contributed by atoms with Gasteiger partial charge in [0.25, 0.3) is 0 Å². The first-order chi connectivity index (χ1) is 15.5. The number of hydrogen-bond acceptors (Lipinski definition) is 6. The molecular weight excluding hydrogens is 533 g/mol. The lowest BCUT2D eigenvalue weighted by atomic mass is 10.2. The second-order valence-corrected chi connectivity index (χ2v) is 9.11. The summed E-state index contributed by atoms with van der Waals surface area (Å²) in [4.78, 5) is 16.7. The van der Waals surface area contributed by atoms with Crippen molar-refractivity contribution in [2.24, 2.45) is 5.10 Å². The number of halogens is 3.